The molecule has 0 unspecified atom stereocenters. The van der Waals surface area contributed by atoms with Crippen LogP contribution in [0.4, 0.5) is 0 Å². The third kappa shape index (κ3) is 13.9. The lowest BCUT2D eigenvalue weighted by Crippen LogP contribution is -2.59. The molecule has 53 heavy (non-hydrogen) atoms. The van der Waals surface area contributed by atoms with E-state index in [9.17, 15) is 33.6 Å². The molecule has 0 radical (unpaired) electrons. The lowest BCUT2D eigenvalue weighted by molar-refractivity contribution is -0.148. The first-order valence-corrected chi connectivity index (χ1v) is 19.0. The van der Waals surface area contributed by atoms with Gasteiger partial charge in [0.25, 0.3) is 0 Å². The second-order valence-corrected chi connectivity index (χ2v) is 16.5. The van der Waals surface area contributed by atoms with Gasteiger partial charge in [-0.3, -0.25) is 33.6 Å². The Bertz CT molecular complexity index is 1290. The van der Waals surface area contributed by atoms with Gasteiger partial charge in [-0.25, -0.2) is 0 Å². The molecule has 7 amide bonds. The van der Waals surface area contributed by atoms with Crippen molar-refractivity contribution in [1.82, 2.24) is 30.2 Å². The fourth-order valence-electron chi connectivity index (χ4n) is 6.51. The number of nitrogens with one attached hydrogen (secondary N) is 2. The van der Waals surface area contributed by atoms with Crippen molar-refractivity contribution < 1.29 is 38.3 Å². The molecule has 0 aromatic heterocycles. The summed E-state index contributed by atoms with van der Waals surface area (Å²) in [7, 11) is 5.97. The van der Waals surface area contributed by atoms with Crippen LogP contribution in [0.15, 0.2) is 0 Å². The first-order valence-electron chi connectivity index (χ1n) is 19.0. The molecule has 304 valence electrons. The van der Waals surface area contributed by atoms with E-state index in [-0.39, 0.29) is 54.9 Å². The number of primary amides is 1. The number of hydrogen-bond donors (Lipinski definition) is 3. The Hall–Kier alpha value is -3.75. The third-order valence-corrected chi connectivity index (χ3v) is 9.82. The largest absolute Gasteiger partial charge is 0.375 e. The molecule has 15 nitrogen and oxygen atoms in total. The number of amides is 7. The third-order valence-electron chi connectivity index (χ3n) is 9.82. The van der Waals surface area contributed by atoms with Gasteiger partial charge in [0.05, 0.1) is 12.6 Å². The van der Waals surface area contributed by atoms with Crippen molar-refractivity contribution in [1.29, 1.82) is 0 Å². The van der Waals surface area contributed by atoms with E-state index >= 15 is 0 Å². The molecule has 1 aliphatic rings. The molecule has 15 heteroatoms. The average molecular weight is 752 g/mol. The van der Waals surface area contributed by atoms with Crippen LogP contribution in [0.1, 0.15) is 94.9 Å². The van der Waals surface area contributed by atoms with Crippen LogP contribution in [-0.4, -0.2) is 139 Å². The Labute approximate surface area is 317 Å². The van der Waals surface area contributed by atoms with E-state index in [1.807, 2.05) is 48.5 Å². The number of nitrogens with zero attached hydrogens (tertiary/aromatic N) is 4. The molecule has 0 bridgehead atoms. The molecule has 1 aliphatic heterocycles. The fourth-order valence-corrected chi connectivity index (χ4v) is 6.51. The second kappa shape index (κ2) is 21.2. The molecule has 4 N–H and O–H groups in total. The number of likely N-dealkylation sites (N-methyl/N-ethyl adjacent to an activating group) is 4. The smallest absolute Gasteiger partial charge is 0.246 e. The summed E-state index contributed by atoms with van der Waals surface area (Å²) in [6, 6.07) is -4.80. The first kappa shape index (κ1) is 47.3. The number of hydrogen-bond acceptors (Lipinski definition) is 8. The van der Waals surface area contributed by atoms with E-state index in [4.69, 9.17) is 10.5 Å². The van der Waals surface area contributed by atoms with Crippen molar-refractivity contribution in [2.24, 2.45) is 35.3 Å². The van der Waals surface area contributed by atoms with Crippen LogP contribution >= 0.6 is 0 Å². The summed E-state index contributed by atoms with van der Waals surface area (Å²) >= 11 is 0. The van der Waals surface area contributed by atoms with Crippen LogP contribution < -0.4 is 16.4 Å². The number of nitrogens with two attached hydrogens (primary N) is 1. The van der Waals surface area contributed by atoms with E-state index in [0.717, 1.165) is 6.42 Å². The van der Waals surface area contributed by atoms with Gasteiger partial charge in [0.2, 0.25) is 41.4 Å². The van der Waals surface area contributed by atoms with Crippen molar-refractivity contribution in [3.05, 3.63) is 0 Å². The summed E-state index contributed by atoms with van der Waals surface area (Å²) in [4.78, 5) is 98.5. The Balaban J connectivity index is 3.13. The number of carbonyl (C=O) groups is 7. The predicted molar refractivity (Wildman–Crippen MR) is 203 cm³/mol. The number of rotatable bonds is 20. The summed E-state index contributed by atoms with van der Waals surface area (Å²) in [6.07, 6.45) is 1.09. The molecule has 7 atom stereocenters. The fraction of sp³-hybridized carbons (Fsp3) is 0.816. The lowest BCUT2D eigenvalue weighted by Gasteiger charge is -2.35. The minimum Gasteiger partial charge on any atom is -0.375 e. The Morgan fingerprint density at radius 2 is 1.25 bits per heavy atom. The van der Waals surface area contributed by atoms with Crippen LogP contribution in [0.25, 0.3) is 0 Å². The van der Waals surface area contributed by atoms with Gasteiger partial charge in [-0.2, -0.15) is 0 Å². The highest BCUT2D eigenvalue weighted by atomic mass is 16.5. The summed E-state index contributed by atoms with van der Waals surface area (Å²) in [6.45, 7) is 18.6. The van der Waals surface area contributed by atoms with Gasteiger partial charge >= 0.3 is 0 Å². The molecule has 1 fully saturated rings. The maximum Gasteiger partial charge on any atom is 0.246 e. The molecule has 1 heterocycles. The summed E-state index contributed by atoms with van der Waals surface area (Å²) < 4.78 is 5.88. The van der Waals surface area contributed by atoms with Gasteiger partial charge in [0, 0.05) is 41.2 Å². The zero-order valence-corrected chi connectivity index (χ0v) is 34.7. The Kier molecular flexibility index (Phi) is 18.9. The summed E-state index contributed by atoms with van der Waals surface area (Å²) in [5.74, 6) is -3.62. The zero-order chi connectivity index (χ0) is 41.1. The maximum atomic E-state index is 13.8. The molecular formula is C38H69N7O8. The van der Waals surface area contributed by atoms with Crippen molar-refractivity contribution >= 4 is 41.4 Å². The average Bonchev–Trinajstić information content (AvgIpc) is 3.47. The molecule has 1 rings (SSSR count). The van der Waals surface area contributed by atoms with Crippen LogP contribution in [0, 0.1) is 29.6 Å². The van der Waals surface area contributed by atoms with Crippen molar-refractivity contribution in [2.45, 2.75) is 131 Å². The van der Waals surface area contributed by atoms with E-state index in [1.54, 1.807) is 20.9 Å². The molecular weight excluding hydrogens is 682 g/mol. The number of carbonyl (C=O) groups excluding carboxylic acids is 7. The van der Waals surface area contributed by atoms with Gasteiger partial charge in [-0.05, 0) is 55.8 Å². The van der Waals surface area contributed by atoms with Gasteiger partial charge in [0.1, 0.15) is 30.2 Å². The standard InChI is InChI=1S/C38H69N7O8/c1-21(2)17-27(34(39)48)44(13)38(52)31(24(7)8)41-35(49)28(18-22(3)4)43(12)30(47)20-42(11)37(51)26(10)40-36(50)32(33-25(9)15-16-53-33)45(14)29(46)19-23(5)6/h21-28,31-33H,15-20H2,1-14H3,(H2,39,48)(H,40,50)(H,41,49)/t25-,26-,27+,28+,31+,32+,33-/m1/s1. The first-order chi connectivity index (χ1) is 24.4. The predicted octanol–water partition coefficient (Wildman–Crippen LogP) is 1.62. The van der Waals surface area contributed by atoms with Crippen LogP contribution in [-0.2, 0) is 38.3 Å². The molecule has 0 aromatic rings. The molecule has 0 aliphatic carbocycles. The van der Waals surface area contributed by atoms with E-state index in [2.05, 4.69) is 10.6 Å². The molecule has 0 saturated carbocycles. The van der Waals surface area contributed by atoms with Crippen molar-refractivity contribution in [3.63, 3.8) is 0 Å². The highest BCUT2D eigenvalue weighted by Gasteiger charge is 2.42. The SMILES string of the molecule is CC(C)CC(=O)N(C)[C@H](C(=O)N[C@H](C)C(=O)N(C)CC(=O)N(C)[C@@H](CC(C)C)C(=O)N[C@H](C(=O)N(C)[C@@H](CC(C)C)C(N)=O)C(C)C)[C@@H]1OCC[C@H]1C. The van der Waals surface area contributed by atoms with Gasteiger partial charge < -0.3 is 40.7 Å². The number of ether oxygens (including phenoxy) is 1. The highest BCUT2D eigenvalue weighted by Crippen LogP contribution is 2.26. The Morgan fingerprint density at radius 3 is 1.70 bits per heavy atom. The topological polar surface area (TPSA) is 192 Å². The minimum atomic E-state index is -1.04. The highest BCUT2D eigenvalue weighted by molar-refractivity contribution is 5.96. The van der Waals surface area contributed by atoms with E-state index < -0.39 is 71.8 Å². The normalized spacial score (nSPS) is 18.6. The summed E-state index contributed by atoms with van der Waals surface area (Å²) in [5.41, 5.74) is 5.63. The lowest BCUT2D eigenvalue weighted by atomic mass is 9.95. The molecule has 0 spiro atoms. The van der Waals surface area contributed by atoms with Crippen LogP contribution in [0.3, 0.4) is 0 Å². The summed E-state index contributed by atoms with van der Waals surface area (Å²) in [5, 5.41) is 5.56. The van der Waals surface area contributed by atoms with E-state index in [0.29, 0.717) is 13.0 Å². The van der Waals surface area contributed by atoms with Crippen LogP contribution in [0.2, 0.25) is 0 Å². The molecule has 0 aromatic carbocycles. The van der Waals surface area contributed by atoms with Crippen molar-refractivity contribution in [2.75, 3.05) is 41.3 Å². The monoisotopic (exact) mass is 752 g/mol. The van der Waals surface area contributed by atoms with Gasteiger partial charge in [0.15, 0.2) is 0 Å². The van der Waals surface area contributed by atoms with Crippen molar-refractivity contribution in [3.8, 4) is 0 Å². The molecule has 1 saturated heterocycles. The maximum absolute atomic E-state index is 13.8. The second-order valence-electron chi connectivity index (χ2n) is 16.5. The van der Waals surface area contributed by atoms with Crippen LogP contribution in [0.5, 0.6) is 0 Å². The minimum absolute atomic E-state index is 0.0122. The van der Waals surface area contributed by atoms with Gasteiger partial charge in [-0.15, -0.1) is 0 Å². The Morgan fingerprint density at radius 1 is 0.698 bits per heavy atom. The quantitative estimate of drug-likeness (QED) is 0.167. The zero-order valence-electron chi connectivity index (χ0n) is 34.7. The van der Waals surface area contributed by atoms with E-state index in [1.165, 1.54) is 47.7 Å². The van der Waals surface area contributed by atoms with Gasteiger partial charge in [-0.1, -0.05) is 62.3 Å².